The van der Waals surface area contributed by atoms with E-state index in [9.17, 15) is 9.59 Å². The first-order valence-electron chi connectivity index (χ1n) is 12.8. The van der Waals surface area contributed by atoms with Gasteiger partial charge in [0.05, 0.1) is 39.5 Å². The van der Waals surface area contributed by atoms with Gasteiger partial charge in [0.15, 0.2) is 24.1 Å². The number of hydrogen-bond acceptors (Lipinski definition) is 8. The van der Waals surface area contributed by atoms with Crippen LogP contribution in [0.2, 0.25) is 0 Å². The highest BCUT2D eigenvalue weighted by molar-refractivity contribution is 5.99. The van der Waals surface area contributed by atoms with Crippen LogP contribution < -0.4 is 10.6 Å². The van der Waals surface area contributed by atoms with E-state index in [1.807, 2.05) is 48.5 Å². The van der Waals surface area contributed by atoms with Gasteiger partial charge in [-0.1, -0.05) is 48.5 Å². The molecule has 2 aromatic rings. The summed E-state index contributed by atoms with van der Waals surface area (Å²) < 4.78 is 22.0. The molecule has 0 aromatic heterocycles. The summed E-state index contributed by atoms with van der Waals surface area (Å²) in [7, 11) is 0. The molecule has 0 radical (unpaired) electrons. The lowest BCUT2D eigenvalue weighted by molar-refractivity contribution is -0.180. The molecule has 0 unspecified atom stereocenters. The number of hydrogen-bond donors (Lipinski definition) is 2. The van der Waals surface area contributed by atoms with Gasteiger partial charge in [0.2, 0.25) is 0 Å². The molecule has 0 saturated carbocycles. The van der Waals surface area contributed by atoms with Crippen LogP contribution in [-0.4, -0.2) is 76.8 Å². The van der Waals surface area contributed by atoms with Crippen LogP contribution in [0.5, 0.6) is 0 Å². The zero-order valence-corrected chi connectivity index (χ0v) is 20.7. The van der Waals surface area contributed by atoms with Gasteiger partial charge in [-0.15, -0.1) is 0 Å². The number of Topliss-reactive ketones (excluding diaryl/α,β-unsaturated/α-hetero) is 2. The molecule has 0 amide bonds. The van der Waals surface area contributed by atoms with E-state index >= 15 is 0 Å². The van der Waals surface area contributed by atoms with Crippen LogP contribution in [0.1, 0.15) is 46.4 Å². The smallest absolute Gasteiger partial charge is 0.176 e. The molecule has 2 heterocycles. The average molecular weight is 497 g/mol. The third-order valence-electron chi connectivity index (χ3n) is 6.22. The summed E-state index contributed by atoms with van der Waals surface area (Å²) in [5.74, 6) is 0.0872. The van der Waals surface area contributed by atoms with E-state index in [-0.39, 0.29) is 37.2 Å². The van der Waals surface area contributed by atoms with Crippen LogP contribution in [0.25, 0.3) is 11.1 Å². The molecule has 4 rings (SSSR count). The second-order valence-electron chi connectivity index (χ2n) is 8.98. The van der Waals surface area contributed by atoms with Gasteiger partial charge in [-0.2, -0.15) is 0 Å². The average Bonchev–Trinajstić information content (AvgIpc) is 2.94. The van der Waals surface area contributed by atoms with Gasteiger partial charge in [-0.25, -0.2) is 0 Å². The van der Waals surface area contributed by atoms with Crippen LogP contribution in [-0.2, 0) is 18.9 Å². The first kappa shape index (κ1) is 26.6. The van der Waals surface area contributed by atoms with Crippen molar-refractivity contribution in [2.24, 2.45) is 0 Å². The first-order chi connectivity index (χ1) is 17.7. The number of nitrogens with one attached hydrogen (secondary N) is 2. The third-order valence-corrected chi connectivity index (χ3v) is 6.22. The number of ketones is 2. The van der Waals surface area contributed by atoms with Crippen LogP contribution >= 0.6 is 0 Å². The van der Waals surface area contributed by atoms with Crippen molar-refractivity contribution in [2.75, 3.05) is 52.6 Å². The van der Waals surface area contributed by atoms with E-state index < -0.39 is 0 Å². The van der Waals surface area contributed by atoms with E-state index in [4.69, 9.17) is 18.9 Å². The topological polar surface area (TPSA) is 95.1 Å². The summed E-state index contributed by atoms with van der Waals surface area (Å²) in [5.41, 5.74) is 3.32. The lowest BCUT2D eigenvalue weighted by Gasteiger charge is -2.23. The van der Waals surface area contributed by atoms with Gasteiger partial charge in [0.25, 0.3) is 0 Å². The first-order valence-corrected chi connectivity index (χ1v) is 12.8. The Morgan fingerprint density at radius 2 is 0.972 bits per heavy atom. The Morgan fingerprint density at radius 1 is 0.611 bits per heavy atom. The Hall–Kier alpha value is -2.46. The summed E-state index contributed by atoms with van der Waals surface area (Å²) in [5, 5.41) is 6.34. The van der Waals surface area contributed by atoms with Crippen LogP contribution in [0.3, 0.4) is 0 Å². The van der Waals surface area contributed by atoms with Gasteiger partial charge in [0.1, 0.15) is 0 Å². The predicted molar refractivity (Wildman–Crippen MR) is 136 cm³/mol. The SMILES string of the molecule is O=C(CNCCC1OCCCO1)c1ccc(-c2ccc(C(=O)CNCCC3OCCCO3)cc2)cc1. The second kappa shape index (κ2) is 14.3. The minimum atomic E-state index is -0.171. The van der Waals surface area contributed by atoms with E-state index in [0.29, 0.717) is 24.2 Å². The Labute approximate surface area is 212 Å². The molecule has 2 aliphatic heterocycles. The Kier molecular flexibility index (Phi) is 10.6. The zero-order valence-electron chi connectivity index (χ0n) is 20.7. The van der Waals surface area contributed by atoms with Crippen molar-refractivity contribution in [1.82, 2.24) is 10.6 Å². The van der Waals surface area contributed by atoms with E-state index in [2.05, 4.69) is 10.6 Å². The van der Waals surface area contributed by atoms with Crippen molar-refractivity contribution in [2.45, 2.75) is 38.3 Å². The van der Waals surface area contributed by atoms with Gasteiger partial charge >= 0.3 is 0 Å². The molecule has 2 saturated heterocycles. The van der Waals surface area contributed by atoms with Crippen LogP contribution in [0, 0.1) is 0 Å². The Morgan fingerprint density at radius 3 is 1.33 bits per heavy atom. The molecule has 0 spiro atoms. The molecular weight excluding hydrogens is 460 g/mol. The maximum Gasteiger partial charge on any atom is 0.176 e. The minimum absolute atomic E-state index is 0.0436. The Bertz CT molecular complexity index is 872. The number of carbonyl (C=O) groups excluding carboxylic acids is 2. The molecule has 2 aliphatic rings. The standard InChI is InChI=1S/C28H36N2O6/c31-25(19-29-13-11-27-33-15-1-16-34-27)23-7-3-21(4-8-23)22-5-9-24(10-6-22)26(32)20-30-14-12-28-35-17-2-18-36-28/h3-10,27-30H,1-2,11-20H2. The lowest BCUT2D eigenvalue weighted by atomic mass is 10.0. The molecular formula is C28H36N2O6. The predicted octanol–water partition coefficient (Wildman–Crippen LogP) is 3.20. The molecule has 194 valence electrons. The number of benzene rings is 2. The molecule has 0 aliphatic carbocycles. The van der Waals surface area contributed by atoms with Gasteiger partial charge in [-0.05, 0) is 24.0 Å². The van der Waals surface area contributed by atoms with Crippen molar-refractivity contribution < 1.29 is 28.5 Å². The largest absolute Gasteiger partial charge is 0.353 e. The van der Waals surface area contributed by atoms with Crippen molar-refractivity contribution in [3.63, 3.8) is 0 Å². The van der Waals surface area contributed by atoms with Crippen molar-refractivity contribution in [3.05, 3.63) is 59.7 Å². The number of carbonyl (C=O) groups is 2. The fourth-order valence-corrected chi connectivity index (χ4v) is 4.15. The van der Waals surface area contributed by atoms with E-state index in [1.54, 1.807) is 0 Å². The monoisotopic (exact) mass is 496 g/mol. The van der Waals surface area contributed by atoms with Gasteiger partial charge in [-0.3, -0.25) is 9.59 Å². The normalized spacial score (nSPS) is 17.2. The van der Waals surface area contributed by atoms with Crippen molar-refractivity contribution in [1.29, 1.82) is 0 Å². The number of ether oxygens (including phenoxy) is 4. The molecule has 0 atom stereocenters. The molecule has 2 fully saturated rings. The zero-order chi connectivity index (χ0) is 25.0. The quantitative estimate of drug-likeness (QED) is 0.323. The molecule has 0 bridgehead atoms. The summed E-state index contributed by atoms with van der Waals surface area (Å²) in [4.78, 5) is 25.0. The minimum Gasteiger partial charge on any atom is -0.353 e. The highest BCUT2D eigenvalue weighted by Crippen LogP contribution is 2.21. The maximum absolute atomic E-state index is 12.5. The maximum atomic E-state index is 12.5. The fourth-order valence-electron chi connectivity index (χ4n) is 4.15. The summed E-state index contributed by atoms with van der Waals surface area (Å²) in [6, 6.07) is 15.1. The number of rotatable bonds is 13. The fraction of sp³-hybridized carbons (Fsp3) is 0.500. The molecule has 8 nitrogen and oxygen atoms in total. The van der Waals surface area contributed by atoms with Gasteiger partial charge < -0.3 is 29.6 Å². The Balaban J connectivity index is 1.17. The lowest BCUT2D eigenvalue weighted by Crippen LogP contribution is -2.31. The molecule has 2 aromatic carbocycles. The van der Waals surface area contributed by atoms with Gasteiger partial charge in [0, 0.05) is 37.1 Å². The molecule has 2 N–H and O–H groups in total. The highest BCUT2D eigenvalue weighted by Gasteiger charge is 2.15. The second-order valence-corrected chi connectivity index (χ2v) is 8.98. The summed E-state index contributed by atoms with van der Waals surface area (Å²) in [6.07, 6.45) is 2.98. The van der Waals surface area contributed by atoms with E-state index in [1.165, 1.54) is 0 Å². The highest BCUT2D eigenvalue weighted by atomic mass is 16.7. The molecule has 36 heavy (non-hydrogen) atoms. The van der Waals surface area contributed by atoms with Crippen LogP contribution in [0.4, 0.5) is 0 Å². The van der Waals surface area contributed by atoms with Crippen molar-refractivity contribution >= 4 is 11.6 Å². The van der Waals surface area contributed by atoms with E-state index in [0.717, 1.165) is 63.2 Å². The summed E-state index contributed by atoms with van der Waals surface area (Å²) >= 11 is 0. The third kappa shape index (κ3) is 8.30. The van der Waals surface area contributed by atoms with Crippen molar-refractivity contribution in [3.8, 4) is 11.1 Å². The van der Waals surface area contributed by atoms with Crippen LogP contribution in [0.15, 0.2) is 48.5 Å². The summed E-state index contributed by atoms with van der Waals surface area (Å²) in [6.45, 7) is 4.82. The molecule has 8 heteroatoms.